The number of nitrogens with one attached hydrogen (secondary N) is 1. The number of urea groups is 1. The van der Waals surface area contributed by atoms with Crippen LogP contribution in [0.4, 0.5) is 4.79 Å². The van der Waals surface area contributed by atoms with E-state index in [1.54, 1.807) is 11.9 Å². The van der Waals surface area contributed by atoms with Crippen molar-refractivity contribution in [2.45, 2.75) is 57.1 Å². The highest BCUT2D eigenvalue weighted by Crippen LogP contribution is 2.31. The first-order valence-corrected chi connectivity index (χ1v) is 7.92. The van der Waals surface area contributed by atoms with Crippen molar-refractivity contribution < 1.29 is 19.8 Å². The highest BCUT2D eigenvalue weighted by atomic mass is 16.4. The van der Waals surface area contributed by atoms with E-state index in [2.05, 4.69) is 5.32 Å². The second-order valence-corrected chi connectivity index (χ2v) is 6.35. The number of hydrogen-bond donors (Lipinski definition) is 3. The minimum atomic E-state index is -0.761. The zero-order valence-corrected chi connectivity index (χ0v) is 12.6. The molecule has 2 saturated carbocycles. The maximum atomic E-state index is 12.2. The number of nitrogens with zero attached hydrogens (tertiary/aromatic N) is 1. The maximum Gasteiger partial charge on any atom is 0.317 e. The van der Waals surface area contributed by atoms with E-state index in [1.807, 2.05) is 0 Å². The van der Waals surface area contributed by atoms with Crippen molar-refractivity contribution in [1.82, 2.24) is 10.2 Å². The zero-order chi connectivity index (χ0) is 15.4. The standard InChI is InChI=1S/C15H26N2O4/c1-17(12-7-2-3-8-13(12)18)15(21)16-9-10-5-4-6-11(10)14(19)20/h10-13,18H,2-9H2,1H3,(H,16,21)(H,19,20). The number of aliphatic carboxylic acids is 1. The van der Waals surface area contributed by atoms with Crippen LogP contribution < -0.4 is 5.32 Å². The number of rotatable bonds is 4. The van der Waals surface area contributed by atoms with Gasteiger partial charge in [0.25, 0.3) is 0 Å². The van der Waals surface area contributed by atoms with Crippen LogP contribution >= 0.6 is 0 Å². The van der Waals surface area contributed by atoms with Crippen molar-refractivity contribution in [1.29, 1.82) is 0 Å². The Morgan fingerprint density at radius 1 is 1.14 bits per heavy atom. The lowest BCUT2D eigenvalue weighted by Crippen LogP contribution is -2.50. The molecule has 21 heavy (non-hydrogen) atoms. The molecule has 2 amide bonds. The summed E-state index contributed by atoms with van der Waals surface area (Å²) in [5, 5.41) is 22.0. The molecule has 120 valence electrons. The number of aliphatic hydroxyl groups is 1. The largest absolute Gasteiger partial charge is 0.481 e. The molecule has 4 unspecified atom stereocenters. The van der Waals surface area contributed by atoms with E-state index < -0.39 is 12.1 Å². The number of carboxylic acids is 1. The van der Waals surface area contributed by atoms with Gasteiger partial charge in [0, 0.05) is 13.6 Å². The summed E-state index contributed by atoms with van der Waals surface area (Å²) in [5.74, 6) is -1.07. The predicted molar refractivity (Wildman–Crippen MR) is 77.9 cm³/mol. The molecule has 0 aromatic heterocycles. The van der Waals surface area contributed by atoms with E-state index >= 15 is 0 Å². The van der Waals surface area contributed by atoms with E-state index in [1.165, 1.54) is 0 Å². The van der Waals surface area contributed by atoms with Gasteiger partial charge in [-0.25, -0.2) is 4.79 Å². The van der Waals surface area contributed by atoms with Gasteiger partial charge in [-0.1, -0.05) is 19.3 Å². The van der Waals surface area contributed by atoms with Gasteiger partial charge in [0.05, 0.1) is 18.1 Å². The Morgan fingerprint density at radius 2 is 1.86 bits per heavy atom. The van der Waals surface area contributed by atoms with Gasteiger partial charge >= 0.3 is 12.0 Å². The lowest BCUT2D eigenvalue weighted by molar-refractivity contribution is -0.142. The van der Waals surface area contributed by atoms with E-state index in [0.29, 0.717) is 13.0 Å². The molecule has 0 aromatic carbocycles. The van der Waals surface area contributed by atoms with Crippen molar-refractivity contribution in [2.75, 3.05) is 13.6 Å². The van der Waals surface area contributed by atoms with Crippen LogP contribution in [0.5, 0.6) is 0 Å². The summed E-state index contributed by atoms with van der Waals surface area (Å²) in [6, 6.07) is -0.338. The van der Waals surface area contributed by atoms with Gasteiger partial charge in [-0.05, 0) is 31.6 Å². The van der Waals surface area contributed by atoms with Gasteiger partial charge in [0.15, 0.2) is 0 Å². The first-order valence-electron chi connectivity index (χ1n) is 7.92. The molecule has 2 fully saturated rings. The maximum absolute atomic E-state index is 12.2. The normalized spacial score (nSPS) is 32.7. The molecule has 6 heteroatoms. The van der Waals surface area contributed by atoms with Gasteiger partial charge in [0.1, 0.15) is 0 Å². The number of aliphatic hydroxyl groups excluding tert-OH is 1. The molecule has 2 aliphatic rings. The van der Waals surface area contributed by atoms with Crippen LogP contribution in [0, 0.1) is 11.8 Å². The molecule has 3 N–H and O–H groups in total. The minimum Gasteiger partial charge on any atom is -0.481 e. The number of carboxylic acid groups (broad SMARTS) is 1. The highest BCUT2D eigenvalue weighted by Gasteiger charge is 2.34. The fourth-order valence-corrected chi connectivity index (χ4v) is 3.64. The van der Waals surface area contributed by atoms with E-state index in [4.69, 9.17) is 5.11 Å². The molecule has 0 aliphatic heterocycles. The van der Waals surface area contributed by atoms with E-state index in [0.717, 1.165) is 38.5 Å². The number of amides is 2. The molecule has 6 nitrogen and oxygen atoms in total. The zero-order valence-electron chi connectivity index (χ0n) is 12.6. The third-order valence-corrected chi connectivity index (χ3v) is 5.00. The summed E-state index contributed by atoms with van der Waals surface area (Å²) in [5.41, 5.74) is 0. The van der Waals surface area contributed by atoms with Crippen molar-refractivity contribution in [3.05, 3.63) is 0 Å². The van der Waals surface area contributed by atoms with Gasteiger partial charge < -0.3 is 20.4 Å². The second kappa shape index (κ2) is 7.11. The molecule has 0 bridgehead atoms. The first-order chi connectivity index (χ1) is 10.0. The van der Waals surface area contributed by atoms with Crippen LogP contribution in [-0.4, -0.2) is 52.9 Å². The van der Waals surface area contributed by atoms with Crippen LogP contribution in [-0.2, 0) is 4.79 Å². The number of likely N-dealkylation sites (N-methyl/N-ethyl adjacent to an activating group) is 1. The Balaban J connectivity index is 1.82. The fourth-order valence-electron chi connectivity index (χ4n) is 3.64. The number of carbonyl (C=O) groups is 2. The van der Waals surface area contributed by atoms with Crippen LogP contribution in [0.2, 0.25) is 0 Å². The van der Waals surface area contributed by atoms with E-state index in [-0.39, 0.29) is 23.9 Å². The SMILES string of the molecule is CN(C(=O)NCC1CCCC1C(=O)O)C1CCCCC1O. The Morgan fingerprint density at radius 3 is 2.52 bits per heavy atom. The summed E-state index contributed by atoms with van der Waals surface area (Å²) in [6.45, 7) is 0.406. The molecule has 4 atom stereocenters. The summed E-state index contributed by atoms with van der Waals surface area (Å²) >= 11 is 0. The molecular formula is C15H26N2O4. The van der Waals surface area contributed by atoms with Crippen LogP contribution in [0.1, 0.15) is 44.9 Å². The number of carbonyl (C=O) groups excluding carboxylic acids is 1. The summed E-state index contributed by atoms with van der Waals surface area (Å²) < 4.78 is 0. The predicted octanol–water partition coefficient (Wildman–Crippen LogP) is 1.43. The van der Waals surface area contributed by atoms with Crippen molar-refractivity contribution in [2.24, 2.45) is 11.8 Å². The van der Waals surface area contributed by atoms with Crippen molar-refractivity contribution >= 4 is 12.0 Å². The molecule has 0 spiro atoms. The van der Waals surface area contributed by atoms with Gasteiger partial charge in [-0.15, -0.1) is 0 Å². The lowest BCUT2D eigenvalue weighted by Gasteiger charge is -2.35. The third-order valence-electron chi connectivity index (χ3n) is 5.00. The van der Waals surface area contributed by atoms with Gasteiger partial charge in [0.2, 0.25) is 0 Å². The van der Waals surface area contributed by atoms with Crippen molar-refractivity contribution in [3.63, 3.8) is 0 Å². The second-order valence-electron chi connectivity index (χ2n) is 6.35. The molecule has 2 rings (SSSR count). The Kier molecular flexibility index (Phi) is 5.45. The molecule has 0 heterocycles. The third kappa shape index (κ3) is 3.87. The molecule has 0 radical (unpaired) electrons. The Bertz CT molecular complexity index is 388. The summed E-state index contributed by atoms with van der Waals surface area (Å²) in [4.78, 5) is 24.9. The minimum absolute atomic E-state index is 0.0242. The lowest BCUT2D eigenvalue weighted by atomic mass is 9.92. The summed E-state index contributed by atoms with van der Waals surface area (Å²) in [6.07, 6.45) is 5.62. The Hall–Kier alpha value is -1.30. The molecule has 0 saturated heterocycles. The van der Waals surface area contributed by atoms with Gasteiger partial charge in [-0.3, -0.25) is 4.79 Å². The van der Waals surface area contributed by atoms with Gasteiger partial charge in [-0.2, -0.15) is 0 Å². The van der Waals surface area contributed by atoms with E-state index in [9.17, 15) is 14.7 Å². The fraction of sp³-hybridized carbons (Fsp3) is 0.867. The monoisotopic (exact) mass is 298 g/mol. The van der Waals surface area contributed by atoms with Crippen LogP contribution in [0.25, 0.3) is 0 Å². The smallest absolute Gasteiger partial charge is 0.317 e. The Labute approximate surface area is 125 Å². The molecule has 2 aliphatic carbocycles. The number of hydrogen-bond acceptors (Lipinski definition) is 3. The summed E-state index contributed by atoms with van der Waals surface area (Å²) in [7, 11) is 1.71. The van der Waals surface area contributed by atoms with Crippen LogP contribution in [0.15, 0.2) is 0 Å². The average molecular weight is 298 g/mol. The van der Waals surface area contributed by atoms with Crippen LogP contribution in [0.3, 0.4) is 0 Å². The quantitative estimate of drug-likeness (QED) is 0.732. The topological polar surface area (TPSA) is 89.9 Å². The average Bonchev–Trinajstić information content (AvgIpc) is 2.93. The molecule has 0 aromatic rings. The van der Waals surface area contributed by atoms with Crippen molar-refractivity contribution in [3.8, 4) is 0 Å². The highest BCUT2D eigenvalue weighted by molar-refractivity contribution is 5.74. The first kappa shape index (κ1) is 16.1. The molecular weight excluding hydrogens is 272 g/mol.